The second-order valence-corrected chi connectivity index (χ2v) is 7.23. The highest BCUT2D eigenvalue weighted by Gasteiger charge is 2.17. The Labute approximate surface area is 167 Å². The summed E-state index contributed by atoms with van der Waals surface area (Å²) in [4.78, 5) is 24.9. The van der Waals surface area contributed by atoms with E-state index >= 15 is 0 Å². The van der Waals surface area contributed by atoms with Crippen LogP contribution in [0.2, 0.25) is 5.02 Å². The molecule has 1 amide bonds. The number of benzene rings is 2. The van der Waals surface area contributed by atoms with Gasteiger partial charge in [-0.2, -0.15) is 0 Å². The number of hydrogen-bond donors (Lipinski definition) is 1. The lowest BCUT2D eigenvalue weighted by Crippen LogP contribution is -2.29. The van der Waals surface area contributed by atoms with Crippen LogP contribution in [0, 0.1) is 12.7 Å². The summed E-state index contributed by atoms with van der Waals surface area (Å²) >= 11 is 6.06. The number of amides is 1. The molecule has 0 aliphatic heterocycles. The molecule has 0 radical (unpaired) electrons. The molecule has 0 spiro atoms. The van der Waals surface area contributed by atoms with E-state index in [0.29, 0.717) is 22.5 Å². The van der Waals surface area contributed by atoms with Gasteiger partial charge < -0.3 is 9.73 Å². The van der Waals surface area contributed by atoms with Crippen molar-refractivity contribution in [2.45, 2.75) is 32.6 Å². The molecular weight excluding hydrogens is 381 g/mol. The Bertz CT molecular complexity index is 1060. The zero-order valence-electron chi connectivity index (χ0n) is 15.7. The minimum atomic E-state index is -0.463. The minimum Gasteiger partial charge on any atom is -0.451 e. The maximum Gasteiger partial charge on any atom is 0.287 e. The molecule has 0 aliphatic rings. The van der Waals surface area contributed by atoms with Gasteiger partial charge in [0, 0.05) is 23.6 Å². The van der Waals surface area contributed by atoms with Crippen LogP contribution in [-0.2, 0) is 0 Å². The van der Waals surface area contributed by atoms with Crippen molar-refractivity contribution in [3.05, 3.63) is 80.4 Å². The summed E-state index contributed by atoms with van der Waals surface area (Å²) in [5.41, 5.74) is 1.71. The zero-order valence-corrected chi connectivity index (χ0v) is 16.5. The molecule has 6 heteroatoms. The van der Waals surface area contributed by atoms with Gasteiger partial charge in [0.05, 0.1) is 5.39 Å². The van der Waals surface area contributed by atoms with Crippen LogP contribution in [0.3, 0.4) is 0 Å². The van der Waals surface area contributed by atoms with Crippen molar-refractivity contribution in [3.8, 4) is 0 Å². The molecule has 3 rings (SSSR count). The molecule has 1 aromatic heterocycles. The van der Waals surface area contributed by atoms with Gasteiger partial charge >= 0.3 is 0 Å². The average molecular weight is 402 g/mol. The Hall–Kier alpha value is -2.66. The summed E-state index contributed by atoms with van der Waals surface area (Å²) in [6, 6.07) is 10.6. The van der Waals surface area contributed by atoms with Crippen LogP contribution >= 0.6 is 11.6 Å². The molecule has 146 valence electrons. The molecule has 0 bridgehead atoms. The van der Waals surface area contributed by atoms with E-state index in [4.69, 9.17) is 16.0 Å². The number of carbonyl (C=O) groups is 1. The van der Waals surface area contributed by atoms with E-state index in [1.807, 2.05) is 6.92 Å². The number of nitrogens with one attached hydrogen (secondary N) is 1. The zero-order chi connectivity index (χ0) is 20.3. The number of carbonyl (C=O) groups excluding carboxylic acids is 1. The molecule has 0 aliphatic carbocycles. The summed E-state index contributed by atoms with van der Waals surface area (Å²) in [5, 5.41) is 3.63. The fraction of sp³-hybridized carbons (Fsp3) is 0.273. The Balaban J connectivity index is 1.80. The third kappa shape index (κ3) is 4.42. The van der Waals surface area contributed by atoms with E-state index in [0.717, 1.165) is 24.0 Å². The summed E-state index contributed by atoms with van der Waals surface area (Å²) in [6.07, 6.45) is 1.76. The molecule has 4 nitrogen and oxygen atoms in total. The van der Waals surface area contributed by atoms with Crippen molar-refractivity contribution < 1.29 is 13.6 Å². The highest BCUT2D eigenvalue weighted by Crippen LogP contribution is 2.23. The predicted molar refractivity (Wildman–Crippen MR) is 109 cm³/mol. The van der Waals surface area contributed by atoms with Gasteiger partial charge in [-0.3, -0.25) is 9.59 Å². The van der Waals surface area contributed by atoms with Gasteiger partial charge in [-0.1, -0.05) is 37.1 Å². The average Bonchev–Trinajstić information content (AvgIpc) is 2.67. The first-order valence-corrected chi connectivity index (χ1v) is 9.54. The lowest BCUT2D eigenvalue weighted by Gasteiger charge is -2.17. The predicted octanol–water partition coefficient (Wildman–Crippen LogP) is 5.21. The van der Waals surface area contributed by atoms with Gasteiger partial charge in [0.2, 0.25) is 0 Å². The van der Waals surface area contributed by atoms with Crippen LogP contribution in [0.25, 0.3) is 11.0 Å². The van der Waals surface area contributed by atoms with Gasteiger partial charge in [0.25, 0.3) is 5.91 Å². The van der Waals surface area contributed by atoms with Crippen LogP contribution in [0.1, 0.15) is 47.4 Å². The van der Waals surface area contributed by atoms with Gasteiger partial charge in [-0.15, -0.1) is 0 Å². The largest absolute Gasteiger partial charge is 0.451 e. The molecule has 0 fully saturated rings. The second kappa shape index (κ2) is 8.57. The molecule has 2 aromatic carbocycles. The number of aryl methyl sites for hydroxylation is 1. The normalized spacial score (nSPS) is 12.1. The van der Waals surface area contributed by atoms with Crippen LogP contribution in [0.5, 0.6) is 0 Å². The first-order valence-electron chi connectivity index (χ1n) is 9.16. The van der Waals surface area contributed by atoms with Crippen LogP contribution in [0.15, 0.2) is 51.7 Å². The van der Waals surface area contributed by atoms with E-state index in [2.05, 4.69) is 5.32 Å². The molecule has 0 unspecified atom stereocenters. The molecule has 28 heavy (non-hydrogen) atoms. The second-order valence-electron chi connectivity index (χ2n) is 6.82. The Kier molecular flexibility index (Phi) is 6.15. The topological polar surface area (TPSA) is 59.3 Å². The fourth-order valence-electron chi connectivity index (χ4n) is 3.16. The van der Waals surface area contributed by atoms with Crippen molar-refractivity contribution in [2.75, 3.05) is 6.54 Å². The van der Waals surface area contributed by atoms with Gasteiger partial charge in [-0.05, 0) is 48.7 Å². The van der Waals surface area contributed by atoms with Crippen molar-refractivity contribution >= 4 is 28.5 Å². The molecule has 3 aromatic rings. The number of fused-ring (bicyclic) bond motifs is 1. The van der Waals surface area contributed by atoms with Gasteiger partial charge in [-0.25, -0.2) is 4.39 Å². The van der Waals surface area contributed by atoms with Crippen molar-refractivity contribution in [1.29, 1.82) is 0 Å². The van der Waals surface area contributed by atoms with E-state index in [1.54, 1.807) is 31.2 Å². The van der Waals surface area contributed by atoms with Gasteiger partial charge in [0.1, 0.15) is 11.4 Å². The summed E-state index contributed by atoms with van der Waals surface area (Å²) < 4.78 is 18.8. The van der Waals surface area contributed by atoms with Crippen molar-refractivity contribution in [3.63, 3.8) is 0 Å². The van der Waals surface area contributed by atoms with Crippen molar-refractivity contribution in [2.24, 2.45) is 0 Å². The lowest BCUT2D eigenvalue weighted by atomic mass is 9.94. The Morgan fingerprint density at radius 1 is 1.21 bits per heavy atom. The molecule has 1 heterocycles. The van der Waals surface area contributed by atoms with Crippen LogP contribution in [0.4, 0.5) is 4.39 Å². The van der Waals surface area contributed by atoms with Crippen molar-refractivity contribution in [1.82, 2.24) is 5.32 Å². The highest BCUT2D eigenvalue weighted by molar-refractivity contribution is 6.32. The molecule has 1 atom stereocenters. The van der Waals surface area contributed by atoms with Crippen LogP contribution in [-0.4, -0.2) is 12.5 Å². The van der Waals surface area contributed by atoms with E-state index < -0.39 is 5.91 Å². The summed E-state index contributed by atoms with van der Waals surface area (Å²) in [6.45, 7) is 4.21. The maximum atomic E-state index is 13.2. The minimum absolute atomic E-state index is 0.0442. The third-order valence-corrected chi connectivity index (χ3v) is 5.13. The van der Waals surface area contributed by atoms with E-state index in [9.17, 15) is 14.0 Å². The Morgan fingerprint density at radius 2 is 1.93 bits per heavy atom. The number of halogens is 2. The standard InChI is InChI=1S/C22H21ClFNO3/c1-3-4-15(14-5-7-16(24)8-6-14)12-25-22(27)21-11-19(26)17-10-18(23)13(2)9-20(17)28-21/h5-11,15H,3-4,12H2,1-2H3,(H,25,27)/t15-/m1/s1. The number of rotatable bonds is 6. The monoisotopic (exact) mass is 401 g/mol. The van der Waals surface area contributed by atoms with Crippen LogP contribution < -0.4 is 10.7 Å². The third-order valence-electron chi connectivity index (χ3n) is 4.72. The van der Waals surface area contributed by atoms with E-state index in [1.165, 1.54) is 18.2 Å². The molecule has 0 saturated carbocycles. The molecule has 0 saturated heterocycles. The summed E-state index contributed by atoms with van der Waals surface area (Å²) in [5.74, 6) is -0.762. The molecule has 1 N–H and O–H groups in total. The number of hydrogen-bond acceptors (Lipinski definition) is 3. The fourth-order valence-corrected chi connectivity index (χ4v) is 3.33. The SMILES string of the molecule is CCC[C@H](CNC(=O)c1cc(=O)c2cc(Cl)c(C)cc2o1)c1ccc(F)cc1. The quantitative estimate of drug-likeness (QED) is 0.617. The molecular formula is C22H21ClFNO3. The first kappa shape index (κ1) is 20.1. The summed E-state index contributed by atoms with van der Waals surface area (Å²) in [7, 11) is 0. The lowest BCUT2D eigenvalue weighted by molar-refractivity contribution is 0.0923. The first-order chi connectivity index (χ1) is 13.4. The Morgan fingerprint density at radius 3 is 2.61 bits per heavy atom. The highest BCUT2D eigenvalue weighted by atomic mass is 35.5. The maximum absolute atomic E-state index is 13.2. The van der Waals surface area contributed by atoms with E-state index in [-0.39, 0.29) is 22.9 Å². The smallest absolute Gasteiger partial charge is 0.287 e. The van der Waals surface area contributed by atoms with Gasteiger partial charge in [0.15, 0.2) is 11.2 Å².